The zero-order chi connectivity index (χ0) is 14.8. The highest BCUT2D eigenvalue weighted by molar-refractivity contribution is 5.78. The van der Waals surface area contributed by atoms with Gasteiger partial charge in [0.2, 0.25) is 5.91 Å². The molecule has 0 spiro atoms. The molecule has 6 heteroatoms. The van der Waals surface area contributed by atoms with Crippen molar-refractivity contribution in [1.82, 2.24) is 14.8 Å². The minimum atomic E-state index is 0.245. The van der Waals surface area contributed by atoms with Crippen molar-refractivity contribution in [2.45, 2.75) is 18.9 Å². The van der Waals surface area contributed by atoms with Crippen LogP contribution in [-0.2, 0) is 4.79 Å². The molecule has 1 saturated carbocycles. The van der Waals surface area contributed by atoms with Crippen LogP contribution in [0.2, 0.25) is 0 Å². The van der Waals surface area contributed by atoms with Crippen LogP contribution in [0.3, 0.4) is 0 Å². The summed E-state index contributed by atoms with van der Waals surface area (Å²) in [4.78, 5) is 22.6. The van der Waals surface area contributed by atoms with Gasteiger partial charge in [-0.1, -0.05) is 0 Å². The standard InChI is InChI=1S/C15H23N5O/c1-18(12-2-3-12)15(21)11-19-6-8-20(9-7-19)14-4-5-17-10-13(14)16/h4-5,10,12H,2-3,6-9,11,16H2,1H3. The summed E-state index contributed by atoms with van der Waals surface area (Å²) in [6.45, 7) is 4.12. The fraction of sp³-hybridized carbons (Fsp3) is 0.600. The summed E-state index contributed by atoms with van der Waals surface area (Å²) < 4.78 is 0. The number of nitrogens with two attached hydrogens (primary N) is 1. The van der Waals surface area contributed by atoms with Crippen LogP contribution in [0.1, 0.15) is 12.8 Å². The molecule has 0 aromatic carbocycles. The Labute approximate surface area is 125 Å². The molecule has 0 bridgehead atoms. The molecule has 1 aliphatic heterocycles. The van der Waals surface area contributed by atoms with E-state index in [0.717, 1.165) is 50.4 Å². The van der Waals surface area contributed by atoms with E-state index < -0.39 is 0 Å². The van der Waals surface area contributed by atoms with Gasteiger partial charge in [-0.25, -0.2) is 0 Å². The van der Waals surface area contributed by atoms with Crippen molar-refractivity contribution < 1.29 is 4.79 Å². The van der Waals surface area contributed by atoms with E-state index >= 15 is 0 Å². The van der Waals surface area contributed by atoms with E-state index in [-0.39, 0.29) is 5.91 Å². The number of carbonyl (C=O) groups excluding carboxylic acids is 1. The second kappa shape index (κ2) is 5.89. The third-order valence-corrected chi connectivity index (χ3v) is 4.39. The summed E-state index contributed by atoms with van der Waals surface area (Å²) in [7, 11) is 1.92. The largest absolute Gasteiger partial charge is 0.396 e. The molecule has 2 fully saturated rings. The first-order chi connectivity index (χ1) is 10.1. The fourth-order valence-electron chi connectivity index (χ4n) is 2.80. The van der Waals surface area contributed by atoms with Gasteiger partial charge in [-0.2, -0.15) is 0 Å². The van der Waals surface area contributed by atoms with Crippen molar-refractivity contribution in [2.75, 3.05) is 50.4 Å². The number of rotatable bonds is 4. The van der Waals surface area contributed by atoms with E-state index in [1.165, 1.54) is 0 Å². The molecule has 2 N–H and O–H groups in total. The van der Waals surface area contributed by atoms with Crippen molar-refractivity contribution in [3.05, 3.63) is 18.5 Å². The molecule has 3 rings (SSSR count). The van der Waals surface area contributed by atoms with Gasteiger partial charge in [-0.05, 0) is 18.9 Å². The molecule has 1 aromatic heterocycles. The Hall–Kier alpha value is -1.82. The zero-order valence-electron chi connectivity index (χ0n) is 12.5. The summed E-state index contributed by atoms with van der Waals surface area (Å²) >= 11 is 0. The SMILES string of the molecule is CN(C(=O)CN1CCN(c2ccncc2N)CC1)C1CC1. The monoisotopic (exact) mass is 289 g/mol. The molecule has 0 radical (unpaired) electrons. The predicted octanol–water partition coefficient (Wildman–Crippen LogP) is 0.407. The Bertz CT molecular complexity index is 509. The number of likely N-dealkylation sites (N-methyl/N-ethyl adjacent to an activating group) is 1. The molecule has 2 aliphatic rings. The quantitative estimate of drug-likeness (QED) is 0.869. The summed E-state index contributed by atoms with van der Waals surface area (Å²) in [5.41, 5.74) is 7.73. The number of hydrogen-bond acceptors (Lipinski definition) is 5. The lowest BCUT2D eigenvalue weighted by Gasteiger charge is -2.36. The summed E-state index contributed by atoms with van der Waals surface area (Å²) in [6, 6.07) is 2.45. The lowest BCUT2D eigenvalue weighted by molar-refractivity contribution is -0.131. The van der Waals surface area contributed by atoms with Crippen LogP contribution in [0.25, 0.3) is 0 Å². The smallest absolute Gasteiger partial charge is 0.236 e. The zero-order valence-corrected chi connectivity index (χ0v) is 12.5. The number of piperazine rings is 1. The first-order valence-corrected chi connectivity index (χ1v) is 7.57. The minimum absolute atomic E-state index is 0.245. The number of nitrogens with zero attached hydrogens (tertiary/aromatic N) is 4. The number of hydrogen-bond donors (Lipinski definition) is 1. The summed E-state index contributed by atoms with van der Waals surface area (Å²) in [5, 5.41) is 0. The number of aromatic nitrogens is 1. The normalized spacial score (nSPS) is 19.6. The Kier molecular flexibility index (Phi) is 3.96. The van der Waals surface area contributed by atoms with Crippen LogP contribution in [0.5, 0.6) is 0 Å². The van der Waals surface area contributed by atoms with Gasteiger partial charge in [0, 0.05) is 45.5 Å². The van der Waals surface area contributed by atoms with Crippen molar-refractivity contribution >= 4 is 17.3 Å². The highest BCUT2D eigenvalue weighted by Crippen LogP contribution is 2.26. The lowest BCUT2D eigenvalue weighted by Crippen LogP contribution is -2.50. The summed E-state index contributed by atoms with van der Waals surface area (Å²) in [5.74, 6) is 0.245. The molecule has 1 aromatic rings. The van der Waals surface area contributed by atoms with Crippen molar-refractivity contribution in [1.29, 1.82) is 0 Å². The molecule has 1 aliphatic carbocycles. The molecular weight excluding hydrogens is 266 g/mol. The van der Waals surface area contributed by atoms with Gasteiger partial charge in [0.1, 0.15) is 0 Å². The van der Waals surface area contributed by atoms with Crippen molar-refractivity contribution in [3.63, 3.8) is 0 Å². The maximum Gasteiger partial charge on any atom is 0.236 e. The average molecular weight is 289 g/mol. The van der Waals surface area contributed by atoms with E-state index in [1.807, 2.05) is 18.0 Å². The van der Waals surface area contributed by atoms with Crippen LogP contribution < -0.4 is 10.6 Å². The van der Waals surface area contributed by atoms with E-state index in [0.29, 0.717) is 12.6 Å². The molecule has 114 valence electrons. The maximum absolute atomic E-state index is 12.1. The third kappa shape index (κ3) is 3.26. The number of carbonyl (C=O) groups is 1. The molecule has 21 heavy (non-hydrogen) atoms. The topological polar surface area (TPSA) is 65.7 Å². The summed E-state index contributed by atoms with van der Waals surface area (Å²) in [6.07, 6.45) is 5.79. The van der Waals surface area contributed by atoms with Crippen LogP contribution in [0.15, 0.2) is 18.5 Å². The van der Waals surface area contributed by atoms with Gasteiger partial charge in [-0.3, -0.25) is 14.7 Å². The predicted molar refractivity (Wildman–Crippen MR) is 83.1 cm³/mol. The van der Waals surface area contributed by atoms with Crippen LogP contribution in [0.4, 0.5) is 11.4 Å². The van der Waals surface area contributed by atoms with E-state index in [9.17, 15) is 4.79 Å². The van der Waals surface area contributed by atoms with Gasteiger partial charge in [0.25, 0.3) is 0 Å². The second-order valence-corrected chi connectivity index (χ2v) is 5.93. The maximum atomic E-state index is 12.1. The first kappa shape index (κ1) is 14.1. The van der Waals surface area contributed by atoms with Crippen LogP contribution >= 0.6 is 0 Å². The number of pyridine rings is 1. The van der Waals surface area contributed by atoms with E-state index in [2.05, 4.69) is 14.8 Å². The Morgan fingerprint density at radius 1 is 1.38 bits per heavy atom. The Balaban J connectivity index is 1.51. The molecule has 0 unspecified atom stereocenters. The molecule has 1 saturated heterocycles. The fourth-order valence-corrected chi connectivity index (χ4v) is 2.80. The third-order valence-electron chi connectivity index (χ3n) is 4.39. The Morgan fingerprint density at radius 2 is 2.10 bits per heavy atom. The van der Waals surface area contributed by atoms with Crippen molar-refractivity contribution in [2.24, 2.45) is 0 Å². The number of nitrogen functional groups attached to an aromatic ring is 1. The highest BCUT2D eigenvalue weighted by Gasteiger charge is 2.30. The van der Waals surface area contributed by atoms with Crippen LogP contribution in [0, 0.1) is 0 Å². The van der Waals surface area contributed by atoms with Gasteiger partial charge in [-0.15, -0.1) is 0 Å². The van der Waals surface area contributed by atoms with E-state index in [1.54, 1.807) is 12.4 Å². The van der Waals surface area contributed by atoms with Gasteiger partial charge < -0.3 is 15.5 Å². The molecule has 2 heterocycles. The van der Waals surface area contributed by atoms with Crippen LogP contribution in [-0.4, -0.2) is 66.5 Å². The second-order valence-electron chi connectivity index (χ2n) is 5.93. The first-order valence-electron chi connectivity index (χ1n) is 7.57. The number of anilines is 2. The van der Waals surface area contributed by atoms with Gasteiger partial charge in [0.15, 0.2) is 0 Å². The van der Waals surface area contributed by atoms with Gasteiger partial charge in [0.05, 0.1) is 24.1 Å². The Morgan fingerprint density at radius 3 is 2.71 bits per heavy atom. The minimum Gasteiger partial charge on any atom is -0.396 e. The molecule has 0 atom stereocenters. The molecule has 1 amide bonds. The molecular formula is C15H23N5O. The molecule has 6 nitrogen and oxygen atoms in total. The van der Waals surface area contributed by atoms with E-state index in [4.69, 9.17) is 5.73 Å². The average Bonchev–Trinajstić information content (AvgIpc) is 3.32. The van der Waals surface area contributed by atoms with Gasteiger partial charge >= 0.3 is 0 Å². The number of amides is 1. The van der Waals surface area contributed by atoms with Crippen molar-refractivity contribution in [3.8, 4) is 0 Å². The lowest BCUT2D eigenvalue weighted by atomic mass is 10.2. The highest BCUT2D eigenvalue weighted by atomic mass is 16.2.